The average molecular weight is 401 g/mol. The molecule has 1 heterocycles. The Morgan fingerprint density at radius 1 is 0.862 bits per heavy atom. The first-order valence-corrected chi connectivity index (χ1v) is 9.86. The first-order chi connectivity index (χ1) is 14.0. The summed E-state index contributed by atoms with van der Waals surface area (Å²) in [4.78, 5) is 0.774. The number of ether oxygens (including phenoxy) is 1. The van der Waals surface area contributed by atoms with Gasteiger partial charge in [0.2, 0.25) is 0 Å². The number of nitrogen functional groups attached to an aromatic ring is 2. The second-order valence-corrected chi connectivity index (χ2v) is 7.76. The molecule has 6 N–H and O–H groups in total. The number of hydrogen-bond acceptors (Lipinski definition) is 4. The lowest BCUT2D eigenvalue weighted by Gasteiger charge is -2.12. The SMILES string of the molecule is N=C(N)c1ccc(COc2ccccc2-c2ccc3sc(C(=N)N)cc3c2)cc1. The van der Waals surface area contributed by atoms with Gasteiger partial charge in [0.1, 0.15) is 24.0 Å². The topological polar surface area (TPSA) is 109 Å². The highest BCUT2D eigenvalue weighted by atomic mass is 32.1. The van der Waals surface area contributed by atoms with Gasteiger partial charge in [-0.25, -0.2) is 0 Å². The van der Waals surface area contributed by atoms with Crippen molar-refractivity contribution >= 4 is 33.1 Å². The van der Waals surface area contributed by atoms with Crippen molar-refractivity contribution in [1.82, 2.24) is 0 Å². The third-order valence-corrected chi connectivity index (χ3v) is 5.79. The van der Waals surface area contributed by atoms with E-state index in [2.05, 4.69) is 18.2 Å². The summed E-state index contributed by atoms with van der Waals surface area (Å²) in [7, 11) is 0. The first kappa shape index (κ1) is 18.7. The minimum absolute atomic E-state index is 0.0552. The Labute approximate surface area is 172 Å². The zero-order valence-corrected chi connectivity index (χ0v) is 16.4. The number of thiophene rings is 1. The monoisotopic (exact) mass is 400 g/mol. The van der Waals surface area contributed by atoms with Crippen molar-refractivity contribution in [1.29, 1.82) is 10.8 Å². The van der Waals surface area contributed by atoms with Gasteiger partial charge in [-0.1, -0.05) is 48.5 Å². The van der Waals surface area contributed by atoms with E-state index in [1.807, 2.05) is 54.6 Å². The Morgan fingerprint density at radius 2 is 1.62 bits per heavy atom. The molecule has 144 valence electrons. The van der Waals surface area contributed by atoms with Gasteiger partial charge >= 0.3 is 0 Å². The zero-order chi connectivity index (χ0) is 20.4. The summed E-state index contributed by atoms with van der Waals surface area (Å²) in [5, 5.41) is 16.2. The summed E-state index contributed by atoms with van der Waals surface area (Å²) in [6.45, 7) is 0.421. The number of para-hydroxylation sites is 1. The van der Waals surface area contributed by atoms with E-state index in [0.29, 0.717) is 12.2 Å². The molecule has 0 atom stereocenters. The van der Waals surface area contributed by atoms with Gasteiger partial charge < -0.3 is 16.2 Å². The summed E-state index contributed by atoms with van der Waals surface area (Å²) >= 11 is 1.52. The van der Waals surface area contributed by atoms with Crippen LogP contribution in [0.5, 0.6) is 5.75 Å². The molecule has 0 aliphatic rings. The molecule has 5 nitrogen and oxygen atoms in total. The fraction of sp³-hybridized carbons (Fsp3) is 0.0435. The number of nitrogens with one attached hydrogen (secondary N) is 2. The fourth-order valence-corrected chi connectivity index (χ4v) is 4.02. The van der Waals surface area contributed by atoms with Crippen LogP contribution in [0.1, 0.15) is 16.0 Å². The molecular formula is C23H20N4OS. The summed E-state index contributed by atoms with van der Waals surface area (Å²) in [5.41, 5.74) is 14.9. The van der Waals surface area contributed by atoms with E-state index in [4.69, 9.17) is 27.0 Å². The van der Waals surface area contributed by atoms with E-state index < -0.39 is 0 Å². The molecule has 4 rings (SSSR count). The maximum Gasteiger partial charge on any atom is 0.133 e. The second-order valence-electron chi connectivity index (χ2n) is 6.67. The van der Waals surface area contributed by atoms with Gasteiger partial charge in [0.15, 0.2) is 0 Å². The number of nitrogens with two attached hydrogens (primary N) is 2. The lowest BCUT2D eigenvalue weighted by molar-refractivity contribution is 0.307. The van der Waals surface area contributed by atoms with Crippen molar-refractivity contribution in [2.24, 2.45) is 11.5 Å². The number of hydrogen-bond donors (Lipinski definition) is 4. The van der Waals surface area contributed by atoms with Crippen molar-refractivity contribution in [2.75, 3.05) is 0 Å². The van der Waals surface area contributed by atoms with Crippen LogP contribution in [0.4, 0.5) is 0 Å². The number of amidine groups is 2. The molecule has 0 radical (unpaired) electrons. The van der Waals surface area contributed by atoms with Crippen molar-refractivity contribution in [3.63, 3.8) is 0 Å². The molecule has 6 heteroatoms. The van der Waals surface area contributed by atoms with Crippen LogP contribution in [0, 0.1) is 10.8 Å². The van der Waals surface area contributed by atoms with E-state index in [9.17, 15) is 0 Å². The van der Waals surface area contributed by atoms with Crippen LogP contribution in [0.25, 0.3) is 21.2 Å². The molecule has 29 heavy (non-hydrogen) atoms. The van der Waals surface area contributed by atoms with E-state index in [1.165, 1.54) is 11.3 Å². The summed E-state index contributed by atoms with van der Waals surface area (Å²) in [6, 6.07) is 23.6. The van der Waals surface area contributed by atoms with Crippen LogP contribution in [-0.4, -0.2) is 11.7 Å². The molecule has 0 fully saturated rings. The van der Waals surface area contributed by atoms with Crippen LogP contribution < -0.4 is 16.2 Å². The lowest BCUT2D eigenvalue weighted by atomic mass is 10.0. The van der Waals surface area contributed by atoms with Gasteiger partial charge in [-0.3, -0.25) is 10.8 Å². The third-order valence-electron chi connectivity index (χ3n) is 4.64. The predicted octanol–water partition coefficient (Wildman–Crippen LogP) is 4.72. The molecular weight excluding hydrogens is 380 g/mol. The van der Waals surface area contributed by atoms with Gasteiger partial charge in [0, 0.05) is 15.8 Å². The standard InChI is InChI=1S/C23H20N4OS/c24-22(25)15-7-5-14(6-8-15)13-28-19-4-2-1-3-18(19)16-9-10-20-17(11-16)12-21(29-20)23(26)27/h1-12H,13H2,(H3,24,25)(H3,26,27). The normalized spacial score (nSPS) is 10.8. The Bertz CT molecular complexity index is 1210. The highest BCUT2D eigenvalue weighted by molar-refractivity contribution is 7.20. The summed E-state index contributed by atoms with van der Waals surface area (Å²) < 4.78 is 7.20. The second kappa shape index (κ2) is 7.77. The molecule has 0 spiro atoms. The fourth-order valence-electron chi connectivity index (χ4n) is 3.12. The Kier molecular flexibility index (Phi) is 5.01. The van der Waals surface area contributed by atoms with E-state index in [1.54, 1.807) is 0 Å². The minimum atomic E-state index is 0.0552. The highest BCUT2D eigenvalue weighted by Crippen LogP contribution is 2.34. The minimum Gasteiger partial charge on any atom is -0.488 e. The maximum absolute atomic E-state index is 7.64. The van der Waals surface area contributed by atoms with E-state index >= 15 is 0 Å². The Morgan fingerprint density at radius 3 is 2.34 bits per heavy atom. The molecule has 0 bridgehead atoms. The van der Waals surface area contributed by atoms with Crippen molar-refractivity contribution in [2.45, 2.75) is 6.61 Å². The number of fused-ring (bicyclic) bond motifs is 1. The zero-order valence-electron chi connectivity index (χ0n) is 15.6. The molecule has 4 aromatic rings. The van der Waals surface area contributed by atoms with Crippen molar-refractivity contribution < 1.29 is 4.74 Å². The Hall–Kier alpha value is -3.64. The smallest absolute Gasteiger partial charge is 0.133 e. The van der Waals surface area contributed by atoms with Crippen LogP contribution in [0.3, 0.4) is 0 Å². The van der Waals surface area contributed by atoms with Gasteiger partial charge in [-0.05, 0) is 40.8 Å². The molecule has 0 aliphatic heterocycles. The molecule has 0 saturated heterocycles. The molecule has 0 unspecified atom stereocenters. The van der Waals surface area contributed by atoms with E-state index in [0.717, 1.165) is 37.4 Å². The van der Waals surface area contributed by atoms with Crippen LogP contribution >= 0.6 is 11.3 Å². The van der Waals surface area contributed by atoms with Crippen molar-refractivity contribution in [3.8, 4) is 16.9 Å². The molecule has 0 amide bonds. The van der Waals surface area contributed by atoms with Gasteiger partial charge in [0.25, 0.3) is 0 Å². The van der Waals surface area contributed by atoms with Crippen LogP contribution in [-0.2, 0) is 6.61 Å². The first-order valence-electron chi connectivity index (χ1n) is 9.05. The third kappa shape index (κ3) is 3.97. The highest BCUT2D eigenvalue weighted by Gasteiger charge is 2.10. The van der Waals surface area contributed by atoms with Crippen LogP contribution in [0.2, 0.25) is 0 Å². The largest absolute Gasteiger partial charge is 0.488 e. The molecule has 0 saturated carbocycles. The predicted molar refractivity (Wildman–Crippen MR) is 120 cm³/mol. The molecule has 0 aliphatic carbocycles. The van der Waals surface area contributed by atoms with Gasteiger partial charge in [0.05, 0.1) is 4.88 Å². The average Bonchev–Trinajstić information content (AvgIpc) is 3.16. The Balaban J connectivity index is 1.60. The van der Waals surface area contributed by atoms with Crippen molar-refractivity contribution in [3.05, 3.63) is 88.8 Å². The number of benzene rings is 3. The van der Waals surface area contributed by atoms with Gasteiger partial charge in [-0.15, -0.1) is 11.3 Å². The van der Waals surface area contributed by atoms with Gasteiger partial charge in [-0.2, -0.15) is 0 Å². The van der Waals surface area contributed by atoms with Crippen LogP contribution in [0.15, 0.2) is 72.8 Å². The molecule has 1 aromatic heterocycles. The number of rotatable bonds is 6. The summed E-state index contributed by atoms with van der Waals surface area (Å²) in [6.07, 6.45) is 0. The quantitative estimate of drug-likeness (QED) is 0.278. The molecule has 3 aromatic carbocycles. The lowest BCUT2D eigenvalue weighted by Crippen LogP contribution is -2.10. The summed E-state index contributed by atoms with van der Waals surface area (Å²) in [5.74, 6) is 0.941. The van der Waals surface area contributed by atoms with E-state index in [-0.39, 0.29) is 11.7 Å². The maximum atomic E-state index is 7.64.